The smallest absolute Gasteiger partial charge is 0.358 e. The Labute approximate surface area is 115 Å². The van der Waals surface area contributed by atoms with Crippen LogP contribution in [0.1, 0.15) is 21.9 Å². The van der Waals surface area contributed by atoms with Crippen molar-refractivity contribution in [3.8, 4) is 11.5 Å². The van der Waals surface area contributed by atoms with Crippen LogP contribution in [0.25, 0.3) is 0 Å². The van der Waals surface area contributed by atoms with Gasteiger partial charge in [0.15, 0.2) is 17.2 Å². The second kappa shape index (κ2) is 5.55. The number of aromatic carboxylic acids is 1. The summed E-state index contributed by atoms with van der Waals surface area (Å²) in [7, 11) is 3.05. The lowest BCUT2D eigenvalue weighted by Crippen LogP contribution is -2.09. The van der Waals surface area contributed by atoms with Crippen molar-refractivity contribution in [2.45, 2.75) is 13.5 Å². The van der Waals surface area contributed by atoms with E-state index in [4.69, 9.17) is 14.6 Å². The molecule has 2 aromatic heterocycles. The number of carboxylic acid groups (broad SMARTS) is 1. The lowest BCUT2D eigenvalue weighted by Gasteiger charge is -2.11. The molecule has 2 rings (SSSR count). The third-order valence-corrected chi connectivity index (χ3v) is 2.85. The van der Waals surface area contributed by atoms with E-state index < -0.39 is 5.97 Å². The first kappa shape index (κ1) is 13.8. The molecule has 0 aromatic carbocycles. The minimum Gasteiger partial charge on any atom is -0.493 e. The van der Waals surface area contributed by atoms with E-state index in [1.54, 1.807) is 19.2 Å². The van der Waals surface area contributed by atoms with E-state index in [1.165, 1.54) is 18.9 Å². The highest BCUT2D eigenvalue weighted by atomic mass is 16.5. The van der Waals surface area contributed by atoms with Crippen LogP contribution in [-0.4, -0.2) is 45.3 Å². The minimum absolute atomic E-state index is 0.0770. The van der Waals surface area contributed by atoms with Gasteiger partial charge in [0.2, 0.25) is 0 Å². The van der Waals surface area contributed by atoms with Gasteiger partial charge in [-0.2, -0.15) is 0 Å². The molecule has 1 N–H and O–H groups in total. The molecule has 8 heteroatoms. The molecule has 0 atom stereocenters. The van der Waals surface area contributed by atoms with Crippen LogP contribution in [0.3, 0.4) is 0 Å². The fourth-order valence-electron chi connectivity index (χ4n) is 1.81. The summed E-state index contributed by atoms with van der Waals surface area (Å²) < 4.78 is 11.9. The maximum Gasteiger partial charge on any atom is 0.358 e. The van der Waals surface area contributed by atoms with Crippen LogP contribution in [0.15, 0.2) is 12.3 Å². The Bertz CT molecular complexity index is 638. The summed E-state index contributed by atoms with van der Waals surface area (Å²) in [5, 5.41) is 16.4. The fourth-order valence-corrected chi connectivity index (χ4v) is 1.81. The first-order chi connectivity index (χ1) is 9.58. The van der Waals surface area contributed by atoms with Gasteiger partial charge in [-0.3, -0.25) is 4.98 Å². The van der Waals surface area contributed by atoms with Gasteiger partial charge in [0.25, 0.3) is 0 Å². The number of methoxy groups -OCH3 is 2. The first-order valence-electron chi connectivity index (χ1n) is 5.77. The molecule has 0 radical (unpaired) electrons. The van der Waals surface area contributed by atoms with E-state index in [0.717, 1.165) is 0 Å². The molecule has 0 saturated heterocycles. The molecular weight excluding hydrogens is 264 g/mol. The topological polar surface area (TPSA) is 99.4 Å². The Morgan fingerprint density at radius 2 is 2.15 bits per heavy atom. The van der Waals surface area contributed by atoms with Crippen LogP contribution in [0.2, 0.25) is 0 Å². The third-order valence-electron chi connectivity index (χ3n) is 2.85. The molecule has 2 heterocycles. The molecule has 0 bridgehead atoms. The second-order valence-corrected chi connectivity index (χ2v) is 3.98. The largest absolute Gasteiger partial charge is 0.493 e. The predicted molar refractivity (Wildman–Crippen MR) is 68.2 cm³/mol. The van der Waals surface area contributed by atoms with E-state index in [2.05, 4.69) is 15.3 Å². The van der Waals surface area contributed by atoms with Gasteiger partial charge in [-0.05, 0) is 6.92 Å². The molecule has 106 valence electrons. The summed E-state index contributed by atoms with van der Waals surface area (Å²) in [6.07, 6.45) is 1.58. The average molecular weight is 278 g/mol. The predicted octanol–water partition coefficient (Wildman–Crippen LogP) is 0.745. The lowest BCUT2D eigenvalue weighted by molar-refractivity contribution is 0.0689. The Kier molecular flexibility index (Phi) is 3.83. The summed E-state index contributed by atoms with van der Waals surface area (Å²) in [6, 6.07) is 1.68. The zero-order valence-corrected chi connectivity index (χ0v) is 11.3. The van der Waals surface area contributed by atoms with Crippen LogP contribution in [0.5, 0.6) is 11.5 Å². The van der Waals surface area contributed by atoms with Crippen molar-refractivity contribution >= 4 is 5.97 Å². The molecule has 0 aliphatic rings. The highest BCUT2D eigenvalue weighted by Crippen LogP contribution is 2.29. The highest BCUT2D eigenvalue weighted by molar-refractivity contribution is 5.86. The van der Waals surface area contributed by atoms with Crippen molar-refractivity contribution in [3.63, 3.8) is 0 Å². The Morgan fingerprint density at radius 3 is 2.70 bits per heavy atom. The number of hydrogen-bond donors (Lipinski definition) is 1. The molecule has 20 heavy (non-hydrogen) atoms. The minimum atomic E-state index is -1.11. The molecule has 0 saturated carbocycles. The Balaban J connectivity index is 2.38. The summed E-state index contributed by atoms with van der Waals surface area (Å²) >= 11 is 0. The Morgan fingerprint density at radius 1 is 1.40 bits per heavy atom. The molecule has 8 nitrogen and oxygen atoms in total. The quantitative estimate of drug-likeness (QED) is 0.861. The molecule has 0 fully saturated rings. The van der Waals surface area contributed by atoms with Crippen molar-refractivity contribution in [2.24, 2.45) is 0 Å². The van der Waals surface area contributed by atoms with E-state index >= 15 is 0 Å². The van der Waals surface area contributed by atoms with E-state index in [0.29, 0.717) is 22.9 Å². The standard InChI is InChI=1S/C12H14N4O4/c1-7-10(12(17)18)14-15-16(7)6-8-11(20-3)9(19-2)4-5-13-8/h4-5H,6H2,1-3H3,(H,17,18). The van der Waals surface area contributed by atoms with Gasteiger partial charge in [-0.15, -0.1) is 5.10 Å². The molecule has 0 aliphatic heterocycles. The SMILES string of the molecule is COc1ccnc(Cn2nnc(C(=O)O)c2C)c1OC. The number of nitrogens with zero attached hydrogens (tertiary/aromatic N) is 4. The maximum atomic E-state index is 10.9. The van der Waals surface area contributed by atoms with Crippen LogP contribution in [-0.2, 0) is 6.54 Å². The zero-order valence-electron chi connectivity index (χ0n) is 11.3. The van der Waals surface area contributed by atoms with Gasteiger partial charge in [0, 0.05) is 12.3 Å². The van der Waals surface area contributed by atoms with Crippen LogP contribution >= 0.6 is 0 Å². The monoisotopic (exact) mass is 278 g/mol. The number of pyridine rings is 1. The van der Waals surface area contributed by atoms with Crippen molar-refractivity contribution < 1.29 is 19.4 Å². The molecule has 0 unspecified atom stereocenters. The molecule has 2 aromatic rings. The van der Waals surface area contributed by atoms with Crippen LogP contribution in [0, 0.1) is 6.92 Å². The highest BCUT2D eigenvalue weighted by Gasteiger charge is 2.18. The lowest BCUT2D eigenvalue weighted by atomic mass is 10.3. The number of carboxylic acids is 1. The molecule has 0 aliphatic carbocycles. The third kappa shape index (κ3) is 2.40. The molecule has 0 amide bonds. The van der Waals surface area contributed by atoms with Gasteiger partial charge < -0.3 is 14.6 Å². The van der Waals surface area contributed by atoms with E-state index in [-0.39, 0.29) is 12.2 Å². The van der Waals surface area contributed by atoms with E-state index in [1.807, 2.05) is 0 Å². The summed E-state index contributed by atoms with van der Waals surface area (Å²) in [5.74, 6) is -0.0742. The second-order valence-electron chi connectivity index (χ2n) is 3.98. The normalized spacial score (nSPS) is 10.3. The zero-order chi connectivity index (χ0) is 14.7. The van der Waals surface area contributed by atoms with Gasteiger partial charge in [-0.1, -0.05) is 5.21 Å². The molecular formula is C12H14N4O4. The van der Waals surface area contributed by atoms with Gasteiger partial charge >= 0.3 is 5.97 Å². The van der Waals surface area contributed by atoms with Crippen molar-refractivity contribution in [3.05, 3.63) is 29.3 Å². The summed E-state index contributed by atoms with van der Waals surface area (Å²) in [6.45, 7) is 1.88. The van der Waals surface area contributed by atoms with Gasteiger partial charge in [0.1, 0.15) is 5.69 Å². The van der Waals surface area contributed by atoms with Crippen LogP contribution < -0.4 is 9.47 Å². The number of rotatable bonds is 5. The molecule has 0 spiro atoms. The van der Waals surface area contributed by atoms with Crippen LogP contribution in [0.4, 0.5) is 0 Å². The average Bonchev–Trinajstić information content (AvgIpc) is 2.80. The number of aromatic nitrogens is 4. The number of carbonyl (C=O) groups is 1. The number of ether oxygens (including phenoxy) is 2. The Hall–Kier alpha value is -2.64. The van der Waals surface area contributed by atoms with Gasteiger partial charge in [0.05, 0.1) is 26.5 Å². The maximum absolute atomic E-state index is 10.9. The van der Waals surface area contributed by atoms with Crippen molar-refractivity contribution in [1.29, 1.82) is 0 Å². The summed E-state index contributed by atoms with van der Waals surface area (Å²) in [4.78, 5) is 15.1. The fraction of sp³-hybridized carbons (Fsp3) is 0.333. The number of hydrogen-bond acceptors (Lipinski definition) is 6. The summed E-state index contributed by atoms with van der Waals surface area (Å²) in [5.41, 5.74) is 0.952. The van der Waals surface area contributed by atoms with E-state index in [9.17, 15) is 4.79 Å². The first-order valence-corrected chi connectivity index (χ1v) is 5.77. The van der Waals surface area contributed by atoms with Crippen molar-refractivity contribution in [2.75, 3.05) is 14.2 Å². The van der Waals surface area contributed by atoms with Crippen molar-refractivity contribution in [1.82, 2.24) is 20.0 Å². The van der Waals surface area contributed by atoms with Gasteiger partial charge in [-0.25, -0.2) is 9.48 Å².